The number of hydrogen-bond donors (Lipinski definition) is 0. The van der Waals surface area contributed by atoms with Crippen molar-refractivity contribution in [2.75, 3.05) is 0 Å². The van der Waals surface area contributed by atoms with E-state index in [9.17, 15) is 0 Å². The predicted molar refractivity (Wildman–Crippen MR) is 78.5 cm³/mol. The first-order valence-electron chi connectivity index (χ1n) is 8.28. The Hall–Kier alpha value is 0. The molecule has 0 heteroatoms. The van der Waals surface area contributed by atoms with Crippen LogP contribution in [0.5, 0.6) is 0 Å². The summed E-state index contributed by atoms with van der Waals surface area (Å²) in [6, 6.07) is 0. The van der Waals surface area contributed by atoms with Gasteiger partial charge in [-0.15, -0.1) is 0 Å². The van der Waals surface area contributed by atoms with Gasteiger partial charge in [0.1, 0.15) is 0 Å². The summed E-state index contributed by atoms with van der Waals surface area (Å²) in [5, 5.41) is 0. The maximum atomic E-state index is 2.67. The zero-order chi connectivity index (χ0) is 13.2. The van der Waals surface area contributed by atoms with Crippen LogP contribution in [0, 0.1) is 34.0 Å². The first-order chi connectivity index (χ1) is 8.28. The van der Waals surface area contributed by atoms with Crippen molar-refractivity contribution in [3.05, 3.63) is 0 Å². The van der Waals surface area contributed by atoms with Gasteiger partial charge in [0, 0.05) is 0 Å². The zero-order valence-electron chi connectivity index (χ0n) is 13.2. The molecule has 0 amide bonds. The SMILES string of the molecule is CC1C[C@H]2[C@@](C)(CC[C@H]3C(C)(C)CCC[C@@]32C)C1. The molecule has 0 aromatic heterocycles. The number of fused-ring (bicyclic) bond motifs is 3. The first-order valence-corrected chi connectivity index (χ1v) is 8.28. The zero-order valence-corrected chi connectivity index (χ0v) is 13.2. The Morgan fingerprint density at radius 3 is 2.33 bits per heavy atom. The second-order valence-corrected chi connectivity index (χ2v) is 9.19. The third kappa shape index (κ3) is 1.63. The fourth-order valence-electron chi connectivity index (χ4n) is 6.83. The van der Waals surface area contributed by atoms with E-state index in [-0.39, 0.29) is 0 Å². The largest absolute Gasteiger partial charge is 0.0625 e. The Balaban J connectivity index is 1.98. The summed E-state index contributed by atoms with van der Waals surface area (Å²) in [5.41, 5.74) is 1.93. The molecule has 0 spiro atoms. The Morgan fingerprint density at radius 2 is 1.61 bits per heavy atom. The van der Waals surface area contributed by atoms with Crippen LogP contribution >= 0.6 is 0 Å². The fourth-order valence-corrected chi connectivity index (χ4v) is 6.83. The normalized spacial score (nSPS) is 54.8. The Morgan fingerprint density at radius 1 is 0.889 bits per heavy atom. The molecule has 104 valence electrons. The van der Waals surface area contributed by atoms with Crippen LogP contribution in [0.15, 0.2) is 0 Å². The molecule has 18 heavy (non-hydrogen) atoms. The minimum atomic E-state index is 0.597. The summed E-state index contributed by atoms with van der Waals surface area (Å²) in [7, 11) is 0. The van der Waals surface area contributed by atoms with Crippen molar-refractivity contribution in [2.24, 2.45) is 34.0 Å². The molecule has 1 unspecified atom stereocenters. The lowest BCUT2D eigenvalue weighted by molar-refractivity contribution is -0.116. The van der Waals surface area contributed by atoms with Crippen LogP contribution in [-0.4, -0.2) is 0 Å². The van der Waals surface area contributed by atoms with Crippen LogP contribution in [0.1, 0.15) is 79.6 Å². The van der Waals surface area contributed by atoms with E-state index in [0.717, 1.165) is 17.8 Å². The second-order valence-electron chi connectivity index (χ2n) is 9.19. The molecule has 5 atom stereocenters. The van der Waals surface area contributed by atoms with E-state index in [1.807, 2.05) is 0 Å². The number of hydrogen-bond acceptors (Lipinski definition) is 0. The molecular weight excluding hydrogens is 216 g/mol. The van der Waals surface area contributed by atoms with Crippen LogP contribution < -0.4 is 0 Å². The fraction of sp³-hybridized carbons (Fsp3) is 1.00. The van der Waals surface area contributed by atoms with Gasteiger partial charge < -0.3 is 0 Å². The van der Waals surface area contributed by atoms with Gasteiger partial charge in [0.2, 0.25) is 0 Å². The average Bonchev–Trinajstić information content (AvgIpc) is 2.53. The summed E-state index contributed by atoms with van der Waals surface area (Å²) >= 11 is 0. The average molecular weight is 248 g/mol. The summed E-state index contributed by atoms with van der Waals surface area (Å²) < 4.78 is 0. The summed E-state index contributed by atoms with van der Waals surface area (Å²) in [5.74, 6) is 2.97. The van der Waals surface area contributed by atoms with Gasteiger partial charge in [0.25, 0.3) is 0 Å². The van der Waals surface area contributed by atoms with Crippen LogP contribution in [0.4, 0.5) is 0 Å². The van der Waals surface area contributed by atoms with E-state index >= 15 is 0 Å². The van der Waals surface area contributed by atoms with Gasteiger partial charge in [-0.25, -0.2) is 0 Å². The predicted octanol–water partition coefficient (Wildman–Crippen LogP) is 5.67. The smallest absolute Gasteiger partial charge is 0.0259 e. The van der Waals surface area contributed by atoms with Gasteiger partial charge in [-0.1, -0.05) is 41.0 Å². The molecule has 0 nitrogen and oxygen atoms in total. The van der Waals surface area contributed by atoms with E-state index in [1.165, 1.54) is 44.9 Å². The van der Waals surface area contributed by atoms with E-state index < -0.39 is 0 Å². The van der Waals surface area contributed by atoms with Crippen LogP contribution in [0.2, 0.25) is 0 Å². The highest BCUT2D eigenvalue weighted by atomic mass is 14.6. The molecule has 0 heterocycles. The molecule has 3 saturated carbocycles. The van der Waals surface area contributed by atoms with Crippen molar-refractivity contribution in [3.63, 3.8) is 0 Å². The molecule has 0 aliphatic heterocycles. The van der Waals surface area contributed by atoms with Crippen LogP contribution in [0.25, 0.3) is 0 Å². The molecule has 0 saturated heterocycles. The third-order valence-corrected chi connectivity index (χ3v) is 7.37. The van der Waals surface area contributed by atoms with Crippen LogP contribution in [0.3, 0.4) is 0 Å². The molecule has 3 rings (SSSR count). The van der Waals surface area contributed by atoms with Crippen molar-refractivity contribution in [1.29, 1.82) is 0 Å². The van der Waals surface area contributed by atoms with E-state index in [2.05, 4.69) is 34.6 Å². The second kappa shape index (κ2) is 3.76. The van der Waals surface area contributed by atoms with E-state index in [4.69, 9.17) is 0 Å². The van der Waals surface area contributed by atoms with Gasteiger partial charge in [-0.3, -0.25) is 0 Å². The lowest BCUT2D eigenvalue weighted by atomic mass is 9.44. The topological polar surface area (TPSA) is 0 Å². The Kier molecular flexibility index (Phi) is 2.72. The molecule has 3 aliphatic rings. The molecular formula is C18H32. The van der Waals surface area contributed by atoms with Gasteiger partial charge in [-0.05, 0) is 72.5 Å². The van der Waals surface area contributed by atoms with Crippen molar-refractivity contribution in [3.8, 4) is 0 Å². The van der Waals surface area contributed by atoms with Crippen molar-refractivity contribution >= 4 is 0 Å². The highest BCUT2D eigenvalue weighted by molar-refractivity contribution is 5.09. The van der Waals surface area contributed by atoms with E-state index in [1.54, 1.807) is 0 Å². The lowest BCUT2D eigenvalue weighted by Crippen LogP contribution is -2.53. The van der Waals surface area contributed by atoms with Crippen molar-refractivity contribution < 1.29 is 0 Å². The third-order valence-electron chi connectivity index (χ3n) is 7.37. The van der Waals surface area contributed by atoms with Gasteiger partial charge in [0.15, 0.2) is 0 Å². The van der Waals surface area contributed by atoms with Crippen molar-refractivity contribution in [2.45, 2.75) is 79.6 Å². The van der Waals surface area contributed by atoms with Gasteiger partial charge in [0.05, 0.1) is 0 Å². The molecule has 3 aliphatic carbocycles. The molecule has 0 aromatic rings. The number of rotatable bonds is 0. The molecule has 0 bridgehead atoms. The summed E-state index contributed by atoms with van der Waals surface area (Å²) in [6.45, 7) is 12.9. The minimum Gasteiger partial charge on any atom is -0.0625 e. The molecule has 0 N–H and O–H groups in total. The summed E-state index contributed by atoms with van der Waals surface area (Å²) in [4.78, 5) is 0. The van der Waals surface area contributed by atoms with Gasteiger partial charge in [-0.2, -0.15) is 0 Å². The Bertz CT molecular complexity index is 342. The molecule has 0 aromatic carbocycles. The highest BCUT2D eigenvalue weighted by Crippen LogP contribution is 2.69. The monoisotopic (exact) mass is 248 g/mol. The highest BCUT2D eigenvalue weighted by Gasteiger charge is 2.60. The van der Waals surface area contributed by atoms with E-state index in [0.29, 0.717) is 16.2 Å². The van der Waals surface area contributed by atoms with Crippen LogP contribution in [-0.2, 0) is 0 Å². The maximum Gasteiger partial charge on any atom is -0.0259 e. The van der Waals surface area contributed by atoms with Gasteiger partial charge >= 0.3 is 0 Å². The standard InChI is InChI=1S/C18H32/c1-13-11-15-17(4,12-13)10-7-14-16(2,3)8-6-9-18(14,15)5/h13-15H,6-12H2,1-5H3/t13?,14-,15-,17-,18-/m0/s1. The molecule has 3 fully saturated rings. The van der Waals surface area contributed by atoms with Crippen molar-refractivity contribution in [1.82, 2.24) is 0 Å². The first kappa shape index (κ1) is 13.0. The summed E-state index contributed by atoms with van der Waals surface area (Å²) in [6.07, 6.45) is 10.5. The quantitative estimate of drug-likeness (QED) is 0.518. The minimum absolute atomic E-state index is 0.597. The lowest BCUT2D eigenvalue weighted by Gasteiger charge is -2.61. The Labute approximate surface area is 114 Å². The molecule has 0 radical (unpaired) electrons. The maximum absolute atomic E-state index is 2.67.